The highest BCUT2D eigenvalue weighted by Gasteiger charge is 2.37. The first-order valence-electron chi connectivity index (χ1n) is 7.87. The van der Waals surface area contributed by atoms with Crippen LogP contribution in [0.25, 0.3) is 0 Å². The molecule has 1 aliphatic heterocycles. The second-order valence-electron chi connectivity index (χ2n) is 5.82. The van der Waals surface area contributed by atoms with E-state index in [1.54, 1.807) is 26.2 Å². The van der Waals surface area contributed by atoms with Crippen LogP contribution >= 0.6 is 11.8 Å². The lowest BCUT2D eigenvalue weighted by Gasteiger charge is -2.23. The molecule has 0 aromatic heterocycles. The Morgan fingerprint density at radius 3 is 2.54 bits per heavy atom. The third-order valence-electron chi connectivity index (χ3n) is 4.23. The predicted molar refractivity (Wildman–Crippen MR) is 99.9 cm³/mol. The van der Waals surface area contributed by atoms with E-state index in [9.17, 15) is 18.5 Å². The summed E-state index contributed by atoms with van der Waals surface area (Å²) in [6.45, 7) is 1.94. The molecule has 138 valence electrons. The lowest BCUT2D eigenvalue weighted by molar-refractivity contribution is -0.385. The van der Waals surface area contributed by atoms with Gasteiger partial charge < -0.3 is 4.74 Å². The van der Waals surface area contributed by atoms with E-state index in [1.807, 2.05) is 12.1 Å². The van der Waals surface area contributed by atoms with E-state index in [2.05, 4.69) is 0 Å². The van der Waals surface area contributed by atoms with Gasteiger partial charge in [-0.25, -0.2) is 8.42 Å². The van der Waals surface area contributed by atoms with Gasteiger partial charge in [0.05, 0.1) is 22.3 Å². The van der Waals surface area contributed by atoms with Crippen LogP contribution in [0.2, 0.25) is 0 Å². The molecule has 1 saturated heterocycles. The average Bonchev–Trinajstić information content (AvgIpc) is 3.12. The highest BCUT2D eigenvalue weighted by Crippen LogP contribution is 2.42. The summed E-state index contributed by atoms with van der Waals surface area (Å²) in [6, 6.07) is 11.3. The van der Waals surface area contributed by atoms with Crippen molar-refractivity contribution in [3.8, 4) is 5.75 Å². The Morgan fingerprint density at radius 2 is 1.92 bits per heavy atom. The Labute approximate surface area is 156 Å². The number of ether oxygens (including phenoxy) is 1. The summed E-state index contributed by atoms with van der Waals surface area (Å²) in [4.78, 5) is 10.5. The van der Waals surface area contributed by atoms with Gasteiger partial charge in [0.2, 0.25) is 10.0 Å². The van der Waals surface area contributed by atoms with Gasteiger partial charge in [0, 0.05) is 23.9 Å². The van der Waals surface area contributed by atoms with Gasteiger partial charge in [0.25, 0.3) is 5.69 Å². The van der Waals surface area contributed by atoms with Crippen LogP contribution in [0.15, 0.2) is 47.4 Å². The Morgan fingerprint density at radius 1 is 1.23 bits per heavy atom. The summed E-state index contributed by atoms with van der Waals surface area (Å²) in [5.41, 5.74) is 1.08. The minimum atomic E-state index is -3.85. The van der Waals surface area contributed by atoms with Gasteiger partial charge in [0.1, 0.15) is 5.75 Å². The third-order valence-corrected chi connectivity index (χ3v) is 7.49. The van der Waals surface area contributed by atoms with Crippen LogP contribution in [-0.4, -0.2) is 37.1 Å². The number of hydrogen-bond donors (Lipinski definition) is 0. The van der Waals surface area contributed by atoms with E-state index in [1.165, 1.54) is 28.2 Å². The average molecular weight is 394 g/mol. The van der Waals surface area contributed by atoms with Gasteiger partial charge in [-0.1, -0.05) is 18.2 Å². The fourth-order valence-electron chi connectivity index (χ4n) is 2.81. The van der Waals surface area contributed by atoms with Crippen LogP contribution in [-0.2, 0) is 10.0 Å². The molecular formula is C17H18N2O5S2. The largest absolute Gasteiger partial charge is 0.497 e. The summed E-state index contributed by atoms with van der Waals surface area (Å²) < 4.78 is 32.7. The van der Waals surface area contributed by atoms with Gasteiger partial charge in [-0.05, 0) is 30.7 Å². The van der Waals surface area contributed by atoms with Gasteiger partial charge >= 0.3 is 0 Å². The molecule has 7 nitrogen and oxygen atoms in total. The number of nitrogens with zero attached hydrogens (tertiary/aromatic N) is 2. The molecule has 1 aliphatic rings. The first kappa shape index (κ1) is 18.7. The predicted octanol–water partition coefficient (Wildman–Crippen LogP) is 3.35. The van der Waals surface area contributed by atoms with Crippen LogP contribution in [0.3, 0.4) is 0 Å². The molecule has 26 heavy (non-hydrogen) atoms. The van der Waals surface area contributed by atoms with Crippen LogP contribution < -0.4 is 4.74 Å². The summed E-state index contributed by atoms with van der Waals surface area (Å²) in [5.74, 6) is 1.35. The van der Waals surface area contributed by atoms with Crippen LogP contribution in [0.4, 0.5) is 5.69 Å². The van der Waals surface area contributed by atoms with E-state index in [0.29, 0.717) is 23.6 Å². The molecule has 1 fully saturated rings. The molecule has 0 spiro atoms. The number of aryl methyl sites for hydroxylation is 1. The minimum Gasteiger partial charge on any atom is -0.497 e. The first-order chi connectivity index (χ1) is 12.3. The first-order valence-corrected chi connectivity index (χ1v) is 10.4. The fraction of sp³-hybridized carbons (Fsp3) is 0.294. The number of sulfonamides is 1. The van der Waals surface area contributed by atoms with Crippen molar-refractivity contribution in [1.29, 1.82) is 0 Å². The molecule has 0 amide bonds. The van der Waals surface area contributed by atoms with E-state index >= 15 is 0 Å². The zero-order chi connectivity index (χ0) is 18.9. The number of thioether (sulfide) groups is 1. The van der Waals surface area contributed by atoms with Gasteiger partial charge in [-0.2, -0.15) is 4.31 Å². The monoisotopic (exact) mass is 394 g/mol. The van der Waals surface area contributed by atoms with Crippen LogP contribution in [0.1, 0.15) is 16.5 Å². The van der Waals surface area contributed by atoms with E-state index in [4.69, 9.17) is 4.74 Å². The molecule has 9 heteroatoms. The molecule has 0 bridgehead atoms. The molecule has 2 aromatic rings. The number of nitro groups is 1. The van der Waals surface area contributed by atoms with Gasteiger partial charge in [-0.3, -0.25) is 10.1 Å². The summed E-state index contributed by atoms with van der Waals surface area (Å²) in [5, 5.41) is 10.8. The van der Waals surface area contributed by atoms with Crippen molar-refractivity contribution >= 4 is 27.5 Å². The smallest absolute Gasteiger partial charge is 0.273 e. The SMILES string of the molecule is COc1ccc(C2SCCN2S(=O)(=O)c2ccc(C)c([N+](=O)[O-])c2)cc1. The number of hydrogen-bond acceptors (Lipinski definition) is 6. The van der Waals surface area contributed by atoms with Crippen molar-refractivity contribution in [3.63, 3.8) is 0 Å². The number of rotatable bonds is 5. The Balaban J connectivity index is 1.97. The maximum Gasteiger partial charge on any atom is 0.273 e. The Bertz CT molecular complexity index is 929. The standard InChI is InChI=1S/C17H18N2O5S2/c1-12-3-8-15(11-16(12)19(20)21)26(22,23)18-9-10-25-17(18)13-4-6-14(24-2)7-5-13/h3-8,11,17H,9-10H2,1-2H3. The molecule has 0 N–H and O–H groups in total. The number of benzene rings is 2. The maximum absolute atomic E-state index is 13.1. The Hall–Kier alpha value is -2.10. The number of nitro benzene ring substituents is 1. The quantitative estimate of drug-likeness (QED) is 0.571. The topological polar surface area (TPSA) is 89.8 Å². The van der Waals surface area contributed by atoms with E-state index < -0.39 is 14.9 Å². The molecule has 3 rings (SSSR count). The molecular weight excluding hydrogens is 376 g/mol. The molecule has 2 aromatic carbocycles. The molecule has 1 heterocycles. The van der Waals surface area contributed by atoms with Crippen molar-refractivity contribution in [1.82, 2.24) is 4.31 Å². The lowest BCUT2D eigenvalue weighted by atomic mass is 10.2. The van der Waals surface area contributed by atoms with Gasteiger partial charge in [-0.15, -0.1) is 11.8 Å². The molecule has 0 aliphatic carbocycles. The summed E-state index contributed by atoms with van der Waals surface area (Å²) >= 11 is 1.52. The summed E-state index contributed by atoms with van der Waals surface area (Å²) in [6.07, 6.45) is 0. The molecule has 1 atom stereocenters. The van der Waals surface area contributed by atoms with Crippen LogP contribution in [0.5, 0.6) is 5.75 Å². The van der Waals surface area contributed by atoms with Crippen molar-refractivity contribution in [2.75, 3.05) is 19.4 Å². The molecule has 0 saturated carbocycles. The molecule has 0 radical (unpaired) electrons. The zero-order valence-corrected chi connectivity index (χ0v) is 15.9. The van der Waals surface area contributed by atoms with Crippen molar-refractivity contribution in [3.05, 3.63) is 63.7 Å². The third kappa shape index (κ3) is 3.42. The normalized spacial score (nSPS) is 18.0. The summed E-state index contributed by atoms with van der Waals surface area (Å²) in [7, 11) is -2.28. The fourth-order valence-corrected chi connectivity index (χ4v) is 6.08. The van der Waals surface area contributed by atoms with E-state index in [-0.39, 0.29) is 16.0 Å². The molecule has 1 unspecified atom stereocenters. The lowest BCUT2D eigenvalue weighted by Crippen LogP contribution is -2.30. The Kier molecular flexibility index (Phi) is 5.22. The minimum absolute atomic E-state index is 0.0594. The number of methoxy groups -OCH3 is 1. The second kappa shape index (κ2) is 7.26. The zero-order valence-electron chi connectivity index (χ0n) is 14.3. The van der Waals surface area contributed by atoms with Gasteiger partial charge in [0.15, 0.2) is 0 Å². The van der Waals surface area contributed by atoms with Crippen molar-refractivity contribution in [2.24, 2.45) is 0 Å². The highest BCUT2D eigenvalue weighted by atomic mass is 32.2. The highest BCUT2D eigenvalue weighted by molar-refractivity contribution is 8.01. The second-order valence-corrected chi connectivity index (χ2v) is 8.90. The van der Waals surface area contributed by atoms with Crippen molar-refractivity contribution < 1.29 is 18.1 Å². The van der Waals surface area contributed by atoms with E-state index in [0.717, 1.165) is 11.6 Å². The van der Waals surface area contributed by atoms with Crippen LogP contribution in [0, 0.1) is 17.0 Å². The van der Waals surface area contributed by atoms with Crippen molar-refractivity contribution in [2.45, 2.75) is 17.2 Å². The maximum atomic E-state index is 13.1.